The molecule has 0 aliphatic carbocycles. The number of benzene rings is 6. The number of methoxy groups -OCH3 is 2. The number of aromatic nitrogens is 2. The molecule has 6 aromatic carbocycles. The van der Waals surface area contributed by atoms with Crippen LogP contribution in [0.3, 0.4) is 0 Å². The first kappa shape index (κ1) is 38.8. The minimum absolute atomic E-state index is 0.0610. The number of hydrogen-bond donors (Lipinski definition) is 2. The molecule has 276 valence electrons. The van der Waals surface area contributed by atoms with E-state index in [0.29, 0.717) is 18.9 Å². The van der Waals surface area contributed by atoms with E-state index >= 15 is 0 Å². The summed E-state index contributed by atoms with van der Waals surface area (Å²) in [6.07, 6.45) is 0. The molecule has 0 saturated carbocycles. The van der Waals surface area contributed by atoms with E-state index in [4.69, 9.17) is 9.47 Å². The number of aryl methyl sites for hydroxylation is 2. The molecule has 11 heteroatoms. The Morgan fingerprint density at radius 1 is 0.545 bits per heavy atom. The van der Waals surface area contributed by atoms with Gasteiger partial charge in [-0.15, -0.1) is 0 Å². The smallest absolute Gasteiger partial charge is 0.198 e. The van der Waals surface area contributed by atoms with E-state index in [9.17, 15) is 14.3 Å². The summed E-state index contributed by atoms with van der Waals surface area (Å²) < 4.78 is 25.5. The van der Waals surface area contributed by atoms with Crippen LogP contribution in [0.5, 0.6) is 0 Å². The van der Waals surface area contributed by atoms with E-state index in [-0.39, 0.29) is 10.9 Å². The second-order valence-corrected chi connectivity index (χ2v) is 13.5. The molecule has 8 aromatic rings. The first-order chi connectivity index (χ1) is 26.8. The third-order valence-corrected chi connectivity index (χ3v) is 10.0. The van der Waals surface area contributed by atoms with Gasteiger partial charge in [0.25, 0.3) is 0 Å². The molecule has 0 saturated heterocycles. The standard InChI is InChI=1S/C22H20N2O2.C14H10BrNO.C8H10BNO2/c1-24-19-12-6-4-9-17(19)22(25)21-16(10-7-13-20(21)24)15-8-3-5-11-18(15)23-14-26-2;1-16-11-7-3-2-5-9(11)14(17)13-10(15)6-4-8-12(13)16;1-12-6-10-8-5-3-2-4-7(8)9-11/h3-13,23H,14H2,1-2H3;2-8H,1H3;2-5,10H,6H2,1H3. The Morgan fingerprint density at radius 3 is 1.62 bits per heavy atom. The van der Waals surface area contributed by atoms with Gasteiger partial charge in [-0.05, 0) is 70.0 Å². The first-order valence-electron chi connectivity index (χ1n) is 17.6. The third kappa shape index (κ3) is 8.14. The van der Waals surface area contributed by atoms with Crippen LogP contribution in [0.25, 0.3) is 54.7 Å². The predicted molar refractivity (Wildman–Crippen MR) is 230 cm³/mol. The molecule has 0 aliphatic rings. The number of fused-ring (bicyclic) bond motifs is 4. The fraction of sp³-hybridized carbons (Fsp3) is 0.136. The fourth-order valence-electron chi connectivity index (χ4n) is 6.68. The van der Waals surface area contributed by atoms with Gasteiger partial charge in [0, 0.05) is 47.7 Å². The van der Waals surface area contributed by atoms with E-state index in [0.717, 1.165) is 77.7 Å². The molecule has 0 spiro atoms. The summed E-state index contributed by atoms with van der Waals surface area (Å²) in [7, 11) is 8.05. The molecule has 0 atom stereocenters. The van der Waals surface area contributed by atoms with Crippen molar-refractivity contribution in [1.29, 1.82) is 0 Å². The van der Waals surface area contributed by atoms with Gasteiger partial charge in [0.05, 0.1) is 32.8 Å². The van der Waals surface area contributed by atoms with E-state index < -0.39 is 0 Å². The molecule has 0 unspecified atom stereocenters. The second kappa shape index (κ2) is 18.0. The van der Waals surface area contributed by atoms with Gasteiger partial charge in [0.15, 0.2) is 10.9 Å². The van der Waals surface area contributed by atoms with Crippen molar-refractivity contribution in [2.45, 2.75) is 0 Å². The monoisotopic (exact) mass is 794 g/mol. The molecule has 8 rings (SSSR count). The summed E-state index contributed by atoms with van der Waals surface area (Å²) >= 11 is 3.45. The molecule has 55 heavy (non-hydrogen) atoms. The average molecular weight is 796 g/mol. The summed E-state index contributed by atoms with van der Waals surface area (Å²) in [6, 6.07) is 42.5. The molecule has 0 bridgehead atoms. The van der Waals surface area contributed by atoms with Crippen LogP contribution in [0.1, 0.15) is 0 Å². The molecule has 2 heterocycles. The summed E-state index contributed by atoms with van der Waals surface area (Å²) in [5.41, 5.74) is 8.22. The first-order valence-corrected chi connectivity index (χ1v) is 18.4. The summed E-state index contributed by atoms with van der Waals surface area (Å²) in [5, 5.41) is 9.20. The van der Waals surface area contributed by atoms with Crippen LogP contribution < -0.4 is 27.0 Å². The molecule has 9 nitrogen and oxygen atoms in total. The Kier molecular flexibility index (Phi) is 12.7. The van der Waals surface area contributed by atoms with Gasteiger partial charge in [-0.25, -0.2) is 0 Å². The number of pyridine rings is 2. The minimum Gasteiger partial charge on any atom is -0.343 e. The van der Waals surface area contributed by atoms with Crippen molar-refractivity contribution in [3.8, 4) is 11.1 Å². The van der Waals surface area contributed by atoms with Crippen LogP contribution in [0.15, 0.2) is 148 Å². The van der Waals surface area contributed by atoms with Crippen molar-refractivity contribution in [2.75, 3.05) is 38.3 Å². The number of ether oxygens (including phenoxy) is 2. The number of halogens is 1. The molecule has 0 fully saturated rings. The molecule has 0 aliphatic heterocycles. The Labute approximate surface area is 327 Å². The van der Waals surface area contributed by atoms with Crippen molar-refractivity contribution in [3.05, 3.63) is 158 Å². The van der Waals surface area contributed by atoms with Gasteiger partial charge in [0.1, 0.15) is 6.73 Å². The maximum Gasteiger partial charge on any atom is 0.198 e. The van der Waals surface area contributed by atoms with Gasteiger partial charge in [0.2, 0.25) is 0 Å². The fourth-order valence-corrected chi connectivity index (χ4v) is 7.21. The van der Waals surface area contributed by atoms with Gasteiger partial charge in [-0.1, -0.05) is 60.7 Å². The predicted octanol–water partition coefficient (Wildman–Crippen LogP) is 8.21. The van der Waals surface area contributed by atoms with Crippen LogP contribution >= 0.6 is 15.9 Å². The van der Waals surface area contributed by atoms with Crippen molar-refractivity contribution in [3.63, 3.8) is 0 Å². The van der Waals surface area contributed by atoms with E-state index in [1.807, 2.05) is 141 Å². The maximum absolute atomic E-state index is 13.3. The number of nitrogens with zero attached hydrogens (tertiary/aromatic N) is 2. The Morgan fingerprint density at radius 2 is 1.00 bits per heavy atom. The number of para-hydroxylation sites is 4. The summed E-state index contributed by atoms with van der Waals surface area (Å²) in [5.74, 6) is 0. The maximum atomic E-state index is 13.3. The minimum atomic E-state index is 0.0610. The molecular weight excluding hydrogens is 755 g/mol. The molecule has 2 N–H and O–H groups in total. The van der Waals surface area contributed by atoms with Crippen molar-refractivity contribution >= 4 is 83.5 Å². The zero-order chi connectivity index (χ0) is 38.9. The van der Waals surface area contributed by atoms with E-state index in [1.165, 1.54) is 0 Å². The molecule has 0 radical (unpaired) electrons. The Hall–Kier alpha value is -5.88. The zero-order valence-electron chi connectivity index (χ0n) is 31.0. The van der Waals surface area contributed by atoms with Crippen LogP contribution in [-0.4, -0.2) is 44.0 Å². The number of anilines is 2. The topological polar surface area (TPSA) is 104 Å². The summed E-state index contributed by atoms with van der Waals surface area (Å²) in [6.45, 7) is 0.813. The van der Waals surface area contributed by atoms with Crippen molar-refractivity contribution in [1.82, 2.24) is 9.13 Å². The number of nitrogens with one attached hydrogen (secondary N) is 2. The van der Waals surface area contributed by atoms with Crippen molar-refractivity contribution < 1.29 is 14.2 Å². The zero-order valence-corrected chi connectivity index (χ0v) is 32.6. The number of hydrogen-bond acceptors (Lipinski definition) is 7. The molecular formula is C44H40BBrN4O5. The Balaban J connectivity index is 0.000000152. The number of rotatable bonds is 8. The van der Waals surface area contributed by atoms with Gasteiger partial charge in [-0.2, -0.15) is 0 Å². The van der Waals surface area contributed by atoms with Crippen LogP contribution in [-0.2, 0) is 28.3 Å². The second-order valence-electron chi connectivity index (χ2n) is 12.6. The summed E-state index contributed by atoms with van der Waals surface area (Å²) in [4.78, 5) is 25.7. The van der Waals surface area contributed by atoms with Gasteiger partial charge >= 0.3 is 71.2 Å². The SMILES string of the molecule is COCNc1ccccc1-c1cccc2c1c(=O)c1ccccc1n2C.COCNc1ccccc1B=O.Cn1c2ccccc2c(=O)c2c(Br)cccc21. The Bertz CT molecular complexity index is 2770. The van der Waals surface area contributed by atoms with E-state index in [1.54, 1.807) is 20.3 Å². The van der Waals surface area contributed by atoms with Crippen LogP contribution in [0.2, 0.25) is 0 Å². The molecule has 0 amide bonds. The largest absolute Gasteiger partial charge is 0.343 e. The quantitative estimate of drug-likeness (QED) is 0.0909. The average Bonchev–Trinajstić information content (AvgIpc) is 3.23. The van der Waals surface area contributed by atoms with Gasteiger partial charge < -0.3 is 19.2 Å². The van der Waals surface area contributed by atoms with Crippen LogP contribution in [0, 0.1) is 0 Å². The van der Waals surface area contributed by atoms with E-state index in [2.05, 4.69) is 35.7 Å². The normalized spacial score (nSPS) is 10.7. The van der Waals surface area contributed by atoms with Crippen LogP contribution in [0.4, 0.5) is 11.4 Å². The third-order valence-electron chi connectivity index (χ3n) is 9.35. The molecule has 2 aromatic heterocycles. The van der Waals surface area contributed by atoms with Gasteiger partial charge in [-0.3, -0.25) is 9.59 Å². The van der Waals surface area contributed by atoms with Crippen molar-refractivity contribution in [2.24, 2.45) is 14.1 Å².